The van der Waals surface area contributed by atoms with Gasteiger partial charge in [-0.2, -0.15) is 0 Å². The molecular formula is C20H22N4O2. The Balaban J connectivity index is 1.90. The molecule has 134 valence electrons. The summed E-state index contributed by atoms with van der Waals surface area (Å²) < 4.78 is 7.22. The molecule has 1 aliphatic heterocycles. The number of hydrogen-bond acceptors (Lipinski definition) is 4. The van der Waals surface area contributed by atoms with Crippen LogP contribution in [0.3, 0.4) is 0 Å². The van der Waals surface area contributed by atoms with Crippen LogP contribution in [0.4, 0.5) is 5.69 Å². The van der Waals surface area contributed by atoms with E-state index in [4.69, 9.17) is 9.72 Å². The number of pyridine rings is 1. The highest BCUT2D eigenvalue weighted by Gasteiger charge is 2.44. The van der Waals surface area contributed by atoms with Crippen LogP contribution >= 0.6 is 0 Å². The maximum absolute atomic E-state index is 12.9. The average molecular weight is 350 g/mol. The van der Waals surface area contributed by atoms with E-state index in [0.717, 1.165) is 33.8 Å². The van der Waals surface area contributed by atoms with Crippen LogP contribution in [0.2, 0.25) is 0 Å². The van der Waals surface area contributed by atoms with Crippen LogP contribution in [0.1, 0.15) is 19.4 Å². The smallest absolute Gasteiger partial charge is 0.237 e. The van der Waals surface area contributed by atoms with E-state index < -0.39 is 5.41 Å². The summed E-state index contributed by atoms with van der Waals surface area (Å²) in [6.07, 6.45) is 1.77. The second-order valence-corrected chi connectivity index (χ2v) is 7.14. The van der Waals surface area contributed by atoms with Gasteiger partial charge >= 0.3 is 0 Å². The van der Waals surface area contributed by atoms with Crippen LogP contribution < -0.4 is 4.90 Å². The number of benzene rings is 1. The number of nitrogens with zero attached hydrogens (tertiary/aromatic N) is 4. The van der Waals surface area contributed by atoms with Gasteiger partial charge in [0.1, 0.15) is 5.69 Å². The zero-order valence-electron chi connectivity index (χ0n) is 15.5. The molecule has 2 aromatic heterocycles. The lowest BCUT2D eigenvalue weighted by Crippen LogP contribution is -2.37. The van der Waals surface area contributed by atoms with Gasteiger partial charge in [0.25, 0.3) is 0 Å². The second-order valence-electron chi connectivity index (χ2n) is 7.14. The number of amides is 1. The quantitative estimate of drug-likeness (QED) is 0.726. The van der Waals surface area contributed by atoms with Crippen LogP contribution in [0.25, 0.3) is 22.6 Å². The SMILES string of the molecule is COCCN1C(=O)C(C)(C)c2cc3c(cc21)nc(-c1ccccn1)n3C. The van der Waals surface area contributed by atoms with Gasteiger partial charge in [-0.15, -0.1) is 0 Å². The van der Waals surface area contributed by atoms with E-state index in [2.05, 4.69) is 11.1 Å². The van der Waals surface area contributed by atoms with Crippen molar-refractivity contribution in [1.82, 2.24) is 14.5 Å². The minimum atomic E-state index is -0.563. The Kier molecular flexibility index (Phi) is 3.80. The molecule has 0 atom stereocenters. The van der Waals surface area contributed by atoms with Crippen molar-refractivity contribution in [3.05, 3.63) is 42.1 Å². The van der Waals surface area contributed by atoms with Gasteiger partial charge in [-0.3, -0.25) is 9.78 Å². The lowest BCUT2D eigenvalue weighted by molar-refractivity contribution is -0.122. The normalized spacial score (nSPS) is 15.7. The van der Waals surface area contributed by atoms with Gasteiger partial charge < -0.3 is 14.2 Å². The molecule has 0 aliphatic carbocycles. The second kappa shape index (κ2) is 5.92. The van der Waals surface area contributed by atoms with E-state index in [1.807, 2.05) is 54.6 Å². The summed E-state index contributed by atoms with van der Waals surface area (Å²) in [5, 5.41) is 0. The number of carbonyl (C=O) groups is 1. The number of carbonyl (C=O) groups excluding carboxylic acids is 1. The van der Waals surface area contributed by atoms with Gasteiger partial charge in [-0.25, -0.2) is 4.98 Å². The fourth-order valence-electron chi connectivity index (χ4n) is 3.64. The third-order valence-electron chi connectivity index (χ3n) is 5.16. The number of fused-ring (bicyclic) bond motifs is 2. The first kappa shape index (κ1) is 16.7. The molecule has 0 radical (unpaired) electrons. The monoisotopic (exact) mass is 350 g/mol. The number of aryl methyl sites for hydroxylation is 1. The zero-order chi connectivity index (χ0) is 18.5. The van der Waals surface area contributed by atoms with Gasteiger partial charge in [-0.05, 0) is 43.7 Å². The third kappa shape index (κ3) is 2.33. The van der Waals surface area contributed by atoms with Crippen LogP contribution in [0.5, 0.6) is 0 Å². The van der Waals surface area contributed by atoms with E-state index in [9.17, 15) is 4.79 Å². The molecule has 3 heterocycles. The van der Waals surface area contributed by atoms with E-state index in [-0.39, 0.29) is 5.91 Å². The molecule has 0 saturated heterocycles. The first-order valence-electron chi connectivity index (χ1n) is 8.68. The largest absolute Gasteiger partial charge is 0.383 e. The first-order chi connectivity index (χ1) is 12.4. The number of rotatable bonds is 4. The first-order valence-corrected chi connectivity index (χ1v) is 8.68. The number of methoxy groups -OCH3 is 1. The Bertz CT molecular complexity index is 992. The molecule has 26 heavy (non-hydrogen) atoms. The molecule has 0 unspecified atom stereocenters. The van der Waals surface area contributed by atoms with E-state index in [0.29, 0.717) is 13.2 Å². The summed E-state index contributed by atoms with van der Waals surface area (Å²) in [6, 6.07) is 9.90. The van der Waals surface area contributed by atoms with Gasteiger partial charge in [0.2, 0.25) is 5.91 Å². The van der Waals surface area contributed by atoms with Crippen molar-refractivity contribution in [2.75, 3.05) is 25.2 Å². The van der Waals surface area contributed by atoms with Crippen LogP contribution in [0, 0.1) is 0 Å². The lowest BCUT2D eigenvalue weighted by atomic mass is 9.86. The molecule has 1 amide bonds. The molecule has 0 saturated carbocycles. The molecule has 6 heteroatoms. The van der Waals surface area contributed by atoms with Crippen molar-refractivity contribution in [2.45, 2.75) is 19.3 Å². The number of ether oxygens (including phenoxy) is 1. The molecule has 4 rings (SSSR count). The van der Waals surface area contributed by atoms with Crippen LogP contribution in [0.15, 0.2) is 36.5 Å². The van der Waals surface area contributed by atoms with Crippen molar-refractivity contribution in [3.63, 3.8) is 0 Å². The summed E-state index contributed by atoms with van der Waals surface area (Å²) in [4.78, 5) is 23.9. The molecule has 1 aliphatic rings. The van der Waals surface area contributed by atoms with Crippen molar-refractivity contribution < 1.29 is 9.53 Å². The van der Waals surface area contributed by atoms with E-state index in [1.54, 1.807) is 13.3 Å². The van der Waals surface area contributed by atoms with E-state index >= 15 is 0 Å². The van der Waals surface area contributed by atoms with Crippen molar-refractivity contribution in [2.24, 2.45) is 7.05 Å². The van der Waals surface area contributed by atoms with Crippen molar-refractivity contribution in [1.29, 1.82) is 0 Å². The molecule has 1 aromatic carbocycles. The summed E-state index contributed by atoms with van der Waals surface area (Å²) in [7, 11) is 3.63. The summed E-state index contributed by atoms with van der Waals surface area (Å²) in [5.41, 5.74) is 4.08. The summed E-state index contributed by atoms with van der Waals surface area (Å²) >= 11 is 0. The Morgan fingerprint density at radius 2 is 2.04 bits per heavy atom. The van der Waals surface area contributed by atoms with Gasteiger partial charge in [0, 0.05) is 26.9 Å². The predicted octanol–water partition coefficient (Wildman–Crippen LogP) is 2.91. The standard InChI is InChI=1S/C20H22N4O2/c1-20(2)13-11-17-15(12-16(13)24(19(20)25)9-10-26-4)22-18(23(17)3)14-7-5-6-8-21-14/h5-8,11-12H,9-10H2,1-4H3. The van der Waals surface area contributed by atoms with Crippen LogP contribution in [-0.4, -0.2) is 40.7 Å². The fourth-order valence-corrected chi connectivity index (χ4v) is 3.64. The van der Waals surface area contributed by atoms with Crippen LogP contribution in [-0.2, 0) is 22.0 Å². The molecule has 3 aromatic rings. The lowest BCUT2D eigenvalue weighted by Gasteiger charge is -2.19. The van der Waals surface area contributed by atoms with Gasteiger partial charge in [0.05, 0.1) is 28.7 Å². The van der Waals surface area contributed by atoms with Crippen molar-refractivity contribution in [3.8, 4) is 11.5 Å². The van der Waals surface area contributed by atoms with Gasteiger partial charge in [-0.1, -0.05) is 6.07 Å². The maximum atomic E-state index is 12.9. The average Bonchev–Trinajstić information content (AvgIpc) is 3.06. The Labute approximate surface area is 152 Å². The highest BCUT2D eigenvalue weighted by molar-refractivity contribution is 6.09. The highest BCUT2D eigenvalue weighted by Crippen LogP contribution is 2.43. The number of aromatic nitrogens is 3. The number of hydrogen-bond donors (Lipinski definition) is 0. The summed E-state index contributed by atoms with van der Waals surface area (Å²) in [6.45, 7) is 4.99. The fraction of sp³-hybridized carbons (Fsp3) is 0.350. The Morgan fingerprint density at radius 1 is 1.23 bits per heavy atom. The van der Waals surface area contributed by atoms with E-state index in [1.165, 1.54) is 0 Å². The van der Waals surface area contributed by atoms with Crippen molar-refractivity contribution >= 4 is 22.6 Å². The molecular weight excluding hydrogens is 328 g/mol. The minimum absolute atomic E-state index is 0.102. The maximum Gasteiger partial charge on any atom is 0.237 e. The number of anilines is 1. The molecule has 0 spiro atoms. The molecule has 6 nitrogen and oxygen atoms in total. The molecule has 0 bridgehead atoms. The minimum Gasteiger partial charge on any atom is -0.383 e. The zero-order valence-corrected chi connectivity index (χ0v) is 15.5. The number of imidazole rings is 1. The highest BCUT2D eigenvalue weighted by atomic mass is 16.5. The topological polar surface area (TPSA) is 60.2 Å². The molecule has 0 fully saturated rings. The Morgan fingerprint density at radius 3 is 2.73 bits per heavy atom. The molecule has 0 N–H and O–H groups in total. The third-order valence-corrected chi connectivity index (χ3v) is 5.16. The predicted molar refractivity (Wildman–Crippen MR) is 101 cm³/mol. The van der Waals surface area contributed by atoms with Gasteiger partial charge in [0.15, 0.2) is 5.82 Å². The summed E-state index contributed by atoms with van der Waals surface area (Å²) in [5.74, 6) is 0.918. The Hall–Kier alpha value is -2.73.